The van der Waals surface area contributed by atoms with Gasteiger partial charge in [-0.3, -0.25) is 4.79 Å². The summed E-state index contributed by atoms with van der Waals surface area (Å²) in [6.07, 6.45) is 13.1. The third-order valence-electron chi connectivity index (χ3n) is 3.92. The van der Waals surface area contributed by atoms with Crippen molar-refractivity contribution in [3.63, 3.8) is 0 Å². The second kappa shape index (κ2) is 7.65. The van der Waals surface area contributed by atoms with Crippen LogP contribution in [0.25, 0.3) is 0 Å². The molecule has 0 aliphatic heterocycles. The highest BCUT2D eigenvalue weighted by atomic mass is 16.1. The summed E-state index contributed by atoms with van der Waals surface area (Å²) in [5.41, 5.74) is 0. The van der Waals surface area contributed by atoms with Crippen molar-refractivity contribution in [3.8, 4) is 0 Å². The Bertz CT molecular complexity index is 211. The molecule has 0 radical (unpaired) electrons. The molecule has 1 nitrogen and oxygen atoms in total. The van der Waals surface area contributed by atoms with Crippen molar-refractivity contribution in [2.24, 2.45) is 11.8 Å². The van der Waals surface area contributed by atoms with Gasteiger partial charge in [-0.15, -0.1) is 0 Å². The van der Waals surface area contributed by atoms with Crippen LogP contribution in [0.4, 0.5) is 0 Å². The quantitative estimate of drug-likeness (QED) is 0.457. The van der Waals surface area contributed by atoms with E-state index in [0.717, 1.165) is 18.8 Å². The third-order valence-corrected chi connectivity index (χ3v) is 3.92. The standard InChI is InChI=1S/C15H26O/c1-3-5-6-7-8-13-9-11-14(12-10-13)15(16)4-2/h4,13-14H,2-3,5-12H2,1H3/t13-,14-. The highest BCUT2D eigenvalue weighted by Gasteiger charge is 2.24. The first-order valence-electron chi connectivity index (χ1n) is 6.94. The maximum absolute atomic E-state index is 11.5. The summed E-state index contributed by atoms with van der Waals surface area (Å²) in [5, 5.41) is 0. The number of hydrogen-bond acceptors (Lipinski definition) is 1. The molecule has 0 heterocycles. The highest BCUT2D eigenvalue weighted by molar-refractivity contribution is 5.91. The molecule has 0 bridgehead atoms. The lowest BCUT2D eigenvalue weighted by molar-refractivity contribution is -0.119. The van der Waals surface area contributed by atoms with Crippen molar-refractivity contribution < 1.29 is 4.79 Å². The van der Waals surface area contributed by atoms with Gasteiger partial charge in [-0.2, -0.15) is 0 Å². The van der Waals surface area contributed by atoms with Crippen molar-refractivity contribution in [1.82, 2.24) is 0 Å². The Hall–Kier alpha value is -0.590. The van der Waals surface area contributed by atoms with Gasteiger partial charge in [-0.1, -0.05) is 45.6 Å². The molecular formula is C15H26O. The number of rotatable bonds is 7. The largest absolute Gasteiger partial charge is 0.295 e. The van der Waals surface area contributed by atoms with Crippen LogP contribution in [0.15, 0.2) is 12.7 Å². The maximum Gasteiger partial charge on any atom is 0.158 e. The number of unbranched alkanes of at least 4 members (excludes halogenated alkanes) is 3. The third kappa shape index (κ3) is 4.51. The predicted octanol–water partition coefficient (Wildman–Crippen LogP) is 4.52. The minimum Gasteiger partial charge on any atom is -0.295 e. The Morgan fingerprint density at radius 3 is 2.44 bits per heavy atom. The molecule has 0 aromatic carbocycles. The first kappa shape index (κ1) is 13.5. The summed E-state index contributed by atoms with van der Waals surface area (Å²) in [7, 11) is 0. The van der Waals surface area contributed by atoms with E-state index in [9.17, 15) is 4.79 Å². The molecule has 92 valence electrons. The summed E-state index contributed by atoms with van der Waals surface area (Å²) < 4.78 is 0. The first-order valence-corrected chi connectivity index (χ1v) is 6.94. The lowest BCUT2D eigenvalue weighted by Crippen LogP contribution is -2.20. The van der Waals surface area contributed by atoms with E-state index in [2.05, 4.69) is 13.5 Å². The van der Waals surface area contributed by atoms with E-state index in [-0.39, 0.29) is 5.78 Å². The second-order valence-electron chi connectivity index (χ2n) is 5.17. The lowest BCUT2D eigenvalue weighted by atomic mass is 9.78. The molecule has 0 amide bonds. The lowest BCUT2D eigenvalue weighted by Gasteiger charge is -2.26. The van der Waals surface area contributed by atoms with E-state index < -0.39 is 0 Å². The van der Waals surface area contributed by atoms with Crippen LogP contribution in [0.1, 0.15) is 64.7 Å². The molecule has 16 heavy (non-hydrogen) atoms. The Balaban J connectivity index is 2.12. The first-order chi connectivity index (χ1) is 7.77. The number of allylic oxidation sites excluding steroid dienone is 1. The Morgan fingerprint density at radius 2 is 1.88 bits per heavy atom. The molecule has 0 aromatic heterocycles. The molecule has 0 aromatic rings. The van der Waals surface area contributed by atoms with Crippen LogP contribution in [0, 0.1) is 11.8 Å². The molecule has 1 rings (SSSR count). The van der Waals surface area contributed by atoms with Gasteiger partial charge in [0.2, 0.25) is 0 Å². The topological polar surface area (TPSA) is 17.1 Å². The van der Waals surface area contributed by atoms with E-state index in [4.69, 9.17) is 0 Å². The van der Waals surface area contributed by atoms with Crippen LogP contribution in [-0.4, -0.2) is 5.78 Å². The van der Waals surface area contributed by atoms with E-state index in [1.54, 1.807) is 0 Å². The average Bonchev–Trinajstić information content (AvgIpc) is 2.34. The van der Waals surface area contributed by atoms with Crippen molar-refractivity contribution >= 4 is 5.78 Å². The maximum atomic E-state index is 11.5. The Morgan fingerprint density at radius 1 is 1.19 bits per heavy atom. The van der Waals surface area contributed by atoms with Crippen molar-refractivity contribution in [2.45, 2.75) is 64.7 Å². The summed E-state index contributed by atoms with van der Waals surface area (Å²) in [5.74, 6) is 1.46. The summed E-state index contributed by atoms with van der Waals surface area (Å²) in [4.78, 5) is 11.5. The van der Waals surface area contributed by atoms with Gasteiger partial charge in [0.25, 0.3) is 0 Å². The predicted molar refractivity (Wildman–Crippen MR) is 69.4 cm³/mol. The summed E-state index contributed by atoms with van der Waals surface area (Å²) >= 11 is 0. The second-order valence-corrected chi connectivity index (χ2v) is 5.17. The average molecular weight is 222 g/mol. The fraction of sp³-hybridized carbons (Fsp3) is 0.800. The van der Waals surface area contributed by atoms with E-state index >= 15 is 0 Å². The van der Waals surface area contributed by atoms with Gasteiger partial charge in [0.05, 0.1) is 0 Å². The van der Waals surface area contributed by atoms with Crippen LogP contribution >= 0.6 is 0 Å². The molecule has 0 spiro atoms. The zero-order chi connectivity index (χ0) is 11.8. The smallest absolute Gasteiger partial charge is 0.158 e. The van der Waals surface area contributed by atoms with E-state index in [1.807, 2.05) is 0 Å². The molecule has 1 fully saturated rings. The minimum atomic E-state index is 0.268. The monoisotopic (exact) mass is 222 g/mol. The van der Waals surface area contributed by atoms with Crippen LogP contribution in [0.2, 0.25) is 0 Å². The van der Waals surface area contributed by atoms with Crippen molar-refractivity contribution in [2.75, 3.05) is 0 Å². The number of ketones is 1. The summed E-state index contributed by atoms with van der Waals surface area (Å²) in [6, 6.07) is 0. The van der Waals surface area contributed by atoms with Crippen LogP contribution < -0.4 is 0 Å². The molecule has 0 unspecified atom stereocenters. The molecule has 1 aliphatic carbocycles. The zero-order valence-corrected chi connectivity index (χ0v) is 10.7. The van der Waals surface area contributed by atoms with E-state index in [1.165, 1.54) is 51.0 Å². The molecule has 0 saturated heterocycles. The molecule has 1 heteroatoms. The Labute approximate surface area is 100 Å². The van der Waals surface area contributed by atoms with Gasteiger partial charge < -0.3 is 0 Å². The van der Waals surface area contributed by atoms with Crippen LogP contribution in [0.5, 0.6) is 0 Å². The molecule has 1 saturated carbocycles. The van der Waals surface area contributed by atoms with Gasteiger partial charge in [0.15, 0.2) is 5.78 Å². The summed E-state index contributed by atoms with van der Waals surface area (Å²) in [6.45, 7) is 5.83. The van der Waals surface area contributed by atoms with Gasteiger partial charge in [0, 0.05) is 5.92 Å². The van der Waals surface area contributed by atoms with Gasteiger partial charge in [-0.05, 0) is 37.7 Å². The normalized spacial score (nSPS) is 25.3. The van der Waals surface area contributed by atoms with Crippen molar-refractivity contribution in [3.05, 3.63) is 12.7 Å². The number of carbonyl (C=O) groups is 1. The zero-order valence-electron chi connectivity index (χ0n) is 10.7. The number of carbonyl (C=O) groups excluding carboxylic acids is 1. The Kier molecular flexibility index (Phi) is 6.44. The molecule has 0 atom stereocenters. The molecular weight excluding hydrogens is 196 g/mol. The number of hydrogen-bond donors (Lipinski definition) is 0. The fourth-order valence-electron chi connectivity index (χ4n) is 2.76. The van der Waals surface area contributed by atoms with Crippen LogP contribution in [-0.2, 0) is 4.79 Å². The molecule has 1 aliphatic rings. The fourth-order valence-corrected chi connectivity index (χ4v) is 2.76. The van der Waals surface area contributed by atoms with Gasteiger partial charge >= 0.3 is 0 Å². The van der Waals surface area contributed by atoms with Gasteiger partial charge in [0.1, 0.15) is 0 Å². The van der Waals surface area contributed by atoms with Crippen molar-refractivity contribution in [1.29, 1.82) is 0 Å². The SMILES string of the molecule is C=CC(=O)[C@H]1CC[C@H](CCCCCC)CC1. The molecule has 0 N–H and O–H groups in total. The highest BCUT2D eigenvalue weighted by Crippen LogP contribution is 2.32. The van der Waals surface area contributed by atoms with Gasteiger partial charge in [-0.25, -0.2) is 0 Å². The van der Waals surface area contributed by atoms with E-state index in [0.29, 0.717) is 5.92 Å². The van der Waals surface area contributed by atoms with Crippen LogP contribution in [0.3, 0.4) is 0 Å². The minimum absolute atomic E-state index is 0.268.